The van der Waals surface area contributed by atoms with Crippen molar-refractivity contribution in [2.45, 2.75) is 89.6 Å². The van der Waals surface area contributed by atoms with Crippen molar-refractivity contribution < 1.29 is 9.90 Å². The first kappa shape index (κ1) is 15.8. The molecule has 0 spiro atoms. The van der Waals surface area contributed by atoms with Crippen LogP contribution < -0.4 is 0 Å². The van der Waals surface area contributed by atoms with Gasteiger partial charge < -0.3 is 5.11 Å². The normalized spacial score (nSPS) is 35.3. The number of likely N-dealkylation sites (tertiary alicyclic amines) is 1. The highest BCUT2D eigenvalue weighted by Crippen LogP contribution is 2.40. The Hall–Kier alpha value is -0.570. The van der Waals surface area contributed by atoms with Gasteiger partial charge in [-0.2, -0.15) is 0 Å². The molecular formula is C17H31NO2. The Morgan fingerprint density at radius 1 is 1.20 bits per heavy atom. The molecule has 0 aromatic rings. The van der Waals surface area contributed by atoms with E-state index in [1.54, 1.807) is 0 Å². The molecule has 0 bridgehead atoms. The molecule has 0 radical (unpaired) electrons. The van der Waals surface area contributed by atoms with E-state index in [1.807, 2.05) is 0 Å². The predicted molar refractivity (Wildman–Crippen MR) is 81.9 cm³/mol. The third kappa shape index (κ3) is 3.03. The van der Waals surface area contributed by atoms with E-state index in [-0.39, 0.29) is 0 Å². The van der Waals surface area contributed by atoms with Gasteiger partial charge in [0.25, 0.3) is 0 Å². The molecule has 1 saturated heterocycles. The van der Waals surface area contributed by atoms with Crippen molar-refractivity contribution in [3.05, 3.63) is 0 Å². The number of carboxylic acid groups (broad SMARTS) is 1. The Kier molecular flexibility index (Phi) is 5.48. The summed E-state index contributed by atoms with van der Waals surface area (Å²) in [5.74, 6) is 0.316. The number of aliphatic carboxylic acids is 1. The Morgan fingerprint density at radius 3 is 2.45 bits per heavy atom. The van der Waals surface area contributed by atoms with Crippen LogP contribution in [-0.4, -0.2) is 34.1 Å². The van der Waals surface area contributed by atoms with Gasteiger partial charge >= 0.3 is 5.97 Å². The second-order valence-electron chi connectivity index (χ2n) is 6.85. The standard InChI is InChI=1S/C17H31NO2/c1-3-6-14-7-9-15(10-8-14)18-13-5-12-17(18,11-4-2)16(19)20/h14-15H,3-13H2,1-2H3,(H,19,20). The van der Waals surface area contributed by atoms with Crippen LogP contribution in [0.3, 0.4) is 0 Å². The average molecular weight is 281 g/mol. The fraction of sp³-hybridized carbons (Fsp3) is 0.941. The van der Waals surface area contributed by atoms with Gasteiger partial charge in [-0.15, -0.1) is 0 Å². The van der Waals surface area contributed by atoms with E-state index in [0.29, 0.717) is 6.04 Å². The maximum atomic E-state index is 11.9. The molecule has 1 aliphatic carbocycles. The Balaban J connectivity index is 2.02. The van der Waals surface area contributed by atoms with Crippen LogP contribution in [-0.2, 0) is 4.79 Å². The molecule has 20 heavy (non-hydrogen) atoms. The van der Waals surface area contributed by atoms with E-state index in [0.717, 1.165) is 38.1 Å². The number of carboxylic acids is 1. The van der Waals surface area contributed by atoms with Crippen molar-refractivity contribution in [3.8, 4) is 0 Å². The molecule has 1 unspecified atom stereocenters. The van der Waals surface area contributed by atoms with Crippen LogP contribution in [0.4, 0.5) is 0 Å². The monoisotopic (exact) mass is 281 g/mol. The Bertz CT molecular complexity index is 323. The van der Waals surface area contributed by atoms with Crippen LogP contribution in [0.2, 0.25) is 0 Å². The van der Waals surface area contributed by atoms with Gasteiger partial charge in [0.15, 0.2) is 0 Å². The van der Waals surface area contributed by atoms with Crippen LogP contribution in [0.1, 0.15) is 78.1 Å². The summed E-state index contributed by atoms with van der Waals surface area (Å²) in [6.45, 7) is 5.37. The number of hydrogen-bond donors (Lipinski definition) is 1. The van der Waals surface area contributed by atoms with Gasteiger partial charge in [-0.3, -0.25) is 9.69 Å². The van der Waals surface area contributed by atoms with Crippen molar-refractivity contribution in [2.24, 2.45) is 5.92 Å². The molecule has 3 heteroatoms. The summed E-state index contributed by atoms with van der Waals surface area (Å²) in [4.78, 5) is 14.3. The summed E-state index contributed by atoms with van der Waals surface area (Å²) in [6.07, 6.45) is 11.4. The minimum atomic E-state index is -0.576. The number of rotatable bonds is 6. The topological polar surface area (TPSA) is 40.5 Å². The van der Waals surface area contributed by atoms with Crippen molar-refractivity contribution in [1.82, 2.24) is 4.90 Å². The zero-order chi connectivity index (χ0) is 14.6. The van der Waals surface area contributed by atoms with Gasteiger partial charge in [-0.25, -0.2) is 0 Å². The molecule has 1 N–H and O–H groups in total. The molecule has 116 valence electrons. The molecule has 1 aliphatic heterocycles. The van der Waals surface area contributed by atoms with E-state index >= 15 is 0 Å². The third-order valence-electron chi connectivity index (χ3n) is 5.55. The first-order chi connectivity index (χ1) is 9.64. The van der Waals surface area contributed by atoms with Crippen molar-refractivity contribution in [3.63, 3.8) is 0 Å². The largest absolute Gasteiger partial charge is 0.480 e. The van der Waals surface area contributed by atoms with Crippen LogP contribution in [0.25, 0.3) is 0 Å². The van der Waals surface area contributed by atoms with E-state index in [2.05, 4.69) is 18.7 Å². The van der Waals surface area contributed by atoms with E-state index in [4.69, 9.17) is 0 Å². The van der Waals surface area contributed by atoms with E-state index in [9.17, 15) is 9.90 Å². The number of hydrogen-bond acceptors (Lipinski definition) is 2. The average Bonchev–Trinajstić information content (AvgIpc) is 2.85. The van der Waals surface area contributed by atoms with Crippen LogP contribution in [0.5, 0.6) is 0 Å². The lowest BCUT2D eigenvalue weighted by atomic mass is 9.81. The van der Waals surface area contributed by atoms with Gasteiger partial charge in [-0.05, 0) is 57.4 Å². The smallest absolute Gasteiger partial charge is 0.324 e. The first-order valence-electron chi connectivity index (χ1n) is 8.64. The zero-order valence-electron chi connectivity index (χ0n) is 13.2. The van der Waals surface area contributed by atoms with Gasteiger partial charge in [0.1, 0.15) is 5.54 Å². The Labute approximate surface area is 123 Å². The summed E-state index contributed by atoms with van der Waals surface area (Å²) in [6, 6.07) is 0.522. The zero-order valence-corrected chi connectivity index (χ0v) is 13.2. The SMILES string of the molecule is CCCC1CCC(N2CCCC2(CCC)C(=O)O)CC1. The minimum Gasteiger partial charge on any atom is -0.480 e. The lowest BCUT2D eigenvalue weighted by Gasteiger charge is -2.43. The molecular weight excluding hydrogens is 250 g/mol. The van der Waals surface area contributed by atoms with E-state index < -0.39 is 11.5 Å². The highest BCUT2D eigenvalue weighted by atomic mass is 16.4. The summed E-state index contributed by atoms with van der Waals surface area (Å²) in [7, 11) is 0. The van der Waals surface area contributed by atoms with Crippen molar-refractivity contribution in [1.29, 1.82) is 0 Å². The number of carbonyl (C=O) groups is 1. The molecule has 0 aromatic heterocycles. The fourth-order valence-corrected chi connectivity index (χ4v) is 4.60. The lowest BCUT2D eigenvalue weighted by molar-refractivity contribution is -0.152. The lowest BCUT2D eigenvalue weighted by Crippen LogP contribution is -2.55. The summed E-state index contributed by atoms with van der Waals surface area (Å²) >= 11 is 0. The molecule has 1 heterocycles. The fourth-order valence-electron chi connectivity index (χ4n) is 4.60. The highest BCUT2D eigenvalue weighted by Gasteiger charge is 2.49. The van der Waals surface area contributed by atoms with Crippen LogP contribution in [0.15, 0.2) is 0 Å². The second kappa shape index (κ2) is 6.93. The molecule has 3 nitrogen and oxygen atoms in total. The highest BCUT2D eigenvalue weighted by molar-refractivity contribution is 5.79. The van der Waals surface area contributed by atoms with Crippen molar-refractivity contribution >= 4 is 5.97 Å². The molecule has 2 aliphatic rings. The summed E-state index contributed by atoms with van der Waals surface area (Å²) in [5.41, 5.74) is -0.545. The van der Waals surface area contributed by atoms with Crippen molar-refractivity contribution in [2.75, 3.05) is 6.54 Å². The Morgan fingerprint density at radius 2 is 1.90 bits per heavy atom. The van der Waals surface area contributed by atoms with E-state index in [1.165, 1.54) is 38.5 Å². The maximum absolute atomic E-state index is 11.9. The molecule has 0 aromatic carbocycles. The molecule has 2 fully saturated rings. The van der Waals surface area contributed by atoms with Gasteiger partial charge in [0.05, 0.1) is 0 Å². The first-order valence-corrected chi connectivity index (χ1v) is 8.64. The van der Waals surface area contributed by atoms with Gasteiger partial charge in [0.2, 0.25) is 0 Å². The molecule has 2 rings (SSSR count). The predicted octanol–water partition coefficient (Wildman–Crippen LogP) is 4.06. The summed E-state index contributed by atoms with van der Waals surface area (Å²) in [5, 5.41) is 9.79. The molecule has 0 amide bonds. The molecule has 1 atom stereocenters. The van der Waals surface area contributed by atoms with Crippen LogP contribution >= 0.6 is 0 Å². The van der Waals surface area contributed by atoms with Crippen LogP contribution in [0, 0.1) is 5.92 Å². The third-order valence-corrected chi connectivity index (χ3v) is 5.55. The maximum Gasteiger partial charge on any atom is 0.324 e. The quantitative estimate of drug-likeness (QED) is 0.798. The van der Waals surface area contributed by atoms with Gasteiger partial charge in [-0.1, -0.05) is 33.1 Å². The summed E-state index contributed by atoms with van der Waals surface area (Å²) < 4.78 is 0. The minimum absolute atomic E-state index is 0.522. The number of nitrogens with zero attached hydrogens (tertiary/aromatic N) is 1. The second-order valence-corrected chi connectivity index (χ2v) is 6.85. The van der Waals surface area contributed by atoms with Gasteiger partial charge in [0, 0.05) is 6.04 Å². The molecule has 1 saturated carbocycles.